The van der Waals surface area contributed by atoms with Crippen LogP contribution >= 0.6 is 0 Å². The minimum Gasteiger partial charge on any atom is -0.369 e. The smallest absolute Gasteiger partial charge is 0.220 e. The summed E-state index contributed by atoms with van der Waals surface area (Å²) in [5.41, 5.74) is 5.78. The van der Waals surface area contributed by atoms with E-state index in [1.54, 1.807) is 0 Å². The van der Waals surface area contributed by atoms with Crippen LogP contribution in [0.25, 0.3) is 0 Å². The van der Waals surface area contributed by atoms with Crippen LogP contribution in [-0.2, 0) is 4.79 Å². The lowest BCUT2D eigenvalue weighted by molar-refractivity contribution is -0.122. The van der Waals surface area contributed by atoms with Crippen molar-refractivity contribution in [3.05, 3.63) is 12.2 Å². The van der Waals surface area contributed by atoms with E-state index in [1.165, 1.54) is 0 Å². The molecule has 1 amide bonds. The second-order valence-corrected chi connectivity index (χ2v) is 8.28. The summed E-state index contributed by atoms with van der Waals surface area (Å²) in [6.45, 7) is 17.5. The highest BCUT2D eigenvalue weighted by Gasteiger charge is 2.36. The summed E-state index contributed by atoms with van der Waals surface area (Å²) >= 11 is 0. The molecular weight excluding hydrogens is 234 g/mol. The van der Waals surface area contributed by atoms with E-state index < -0.39 is 0 Å². The molecule has 0 rings (SSSR count). The third-order valence-electron chi connectivity index (χ3n) is 4.31. The number of primary amides is 1. The Bertz CT molecular complexity index is 332. The molecule has 0 saturated carbocycles. The van der Waals surface area contributed by atoms with Crippen LogP contribution in [0.15, 0.2) is 12.2 Å². The van der Waals surface area contributed by atoms with Gasteiger partial charge in [0.05, 0.1) is 0 Å². The van der Waals surface area contributed by atoms with Gasteiger partial charge in [-0.3, -0.25) is 4.79 Å². The maximum Gasteiger partial charge on any atom is 0.220 e. The van der Waals surface area contributed by atoms with Gasteiger partial charge in [0.25, 0.3) is 0 Å². The molecule has 19 heavy (non-hydrogen) atoms. The number of hydrogen-bond acceptors (Lipinski definition) is 1. The molecule has 1 unspecified atom stereocenters. The number of nitrogens with two attached hydrogens (primary N) is 1. The van der Waals surface area contributed by atoms with Crippen molar-refractivity contribution in [3.63, 3.8) is 0 Å². The molecule has 0 aliphatic heterocycles. The quantitative estimate of drug-likeness (QED) is 0.705. The molecule has 0 aromatic heterocycles. The first kappa shape index (κ1) is 18.2. The lowest BCUT2D eigenvalue weighted by atomic mass is 9.64. The SMILES string of the molecule is CC(CC(C)(C)C(C)(C)/C=C/CC(C)(C)C)C(N)=O. The fraction of sp³-hybridized carbons (Fsp3) is 0.824. The largest absolute Gasteiger partial charge is 0.369 e. The van der Waals surface area contributed by atoms with Crippen LogP contribution in [0, 0.1) is 22.2 Å². The van der Waals surface area contributed by atoms with E-state index in [-0.39, 0.29) is 22.7 Å². The van der Waals surface area contributed by atoms with E-state index in [0.717, 1.165) is 12.8 Å². The Balaban J connectivity index is 4.82. The highest BCUT2D eigenvalue weighted by Crippen LogP contribution is 2.44. The Morgan fingerprint density at radius 3 is 1.95 bits per heavy atom. The van der Waals surface area contributed by atoms with Gasteiger partial charge in [-0.15, -0.1) is 0 Å². The van der Waals surface area contributed by atoms with Crippen molar-refractivity contribution >= 4 is 5.91 Å². The van der Waals surface area contributed by atoms with Crippen LogP contribution < -0.4 is 5.73 Å². The van der Waals surface area contributed by atoms with Gasteiger partial charge < -0.3 is 5.73 Å². The van der Waals surface area contributed by atoms with Crippen LogP contribution in [0.5, 0.6) is 0 Å². The van der Waals surface area contributed by atoms with Crippen molar-refractivity contribution in [2.75, 3.05) is 0 Å². The molecule has 112 valence electrons. The molecule has 0 heterocycles. The van der Waals surface area contributed by atoms with Crippen LogP contribution in [0.3, 0.4) is 0 Å². The lowest BCUT2D eigenvalue weighted by Crippen LogP contribution is -2.35. The molecule has 2 nitrogen and oxygen atoms in total. The molecule has 1 atom stereocenters. The molecule has 0 fully saturated rings. The van der Waals surface area contributed by atoms with E-state index in [0.29, 0.717) is 5.41 Å². The van der Waals surface area contributed by atoms with Gasteiger partial charge in [-0.05, 0) is 29.1 Å². The van der Waals surface area contributed by atoms with Crippen LogP contribution in [0.1, 0.15) is 68.2 Å². The standard InChI is InChI=1S/C17H33NO/c1-13(14(18)19)12-17(7,8)16(5,6)11-9-10-15(2,3)4/h9,11,13H,10,12H2,1-8H3,(H2,18,19)/b11-9+. The van der Waals surface area contributed by atoms with Gasteiger partial charge in [0.2, 0.25) is 5.91 Å². The number of hydrogen-bond donors (Lipinski definition) is 1. The molecule has 0 spiro atoms. The monoisotopic (exact) mass is 267 g/mol. The molecule has 0 radical (unpaired) electrons. The summed E-state index contributed by atoms with van der Waals surface area (Å²) in [5.74, 6) is -0.284. The zero-order valence-electron chi connectivity index (χ0n) is 14.1. The first-order valence-corrected chi connectivity index (χ1v) is 7.25. The average molecular weight is 267 g/mol. The summed E-state index contributed by atoms with van der Waals surface area (Å²) < 4.78 is 0. The number of carbonyl (C=O) groups is 1. The van der Waals surface area contributed by atoms with Crippen molar-refractivity contribution in [3.8, 4) is 0 Å². The van der Waals surface area contributed by atoms with Crippen LogP contribution in [-0.4, -0.2) is 5.91 Å². The van der Waals surface area contributed by atoms with E-state index >= 15 is 0 Å². The molecule has 0 aromatic carbocycles. The van der Waals surface area contributed by atoms with Crippen molar-refractivity contribution in [2.45, 2.75) is 68.2 Å². The Labute approximate surface area is 119 Å². The summed E-state index contributed by atoms with van der Waals surface area (Å²) in [6, 6.07) is 0. The fourth-order valence-corrected chi connectivity index (χ4v) is 2.06. The summed E-state index contributed by atoms with van der Waals surface area (Å²) in [7, 11) is 0. The average Bonchev–Trinajstić information content (AvgIpc) is 2.13. The van der Waals surface area contributed by atoms with Crippen LogP contribution in [0.4, 0.5) is 0 Å². The zero-order valence-corrected chi connectivity index (χ0v) is 14.1. The van der Waals surface area contributed by atoms with Crippen molar-refractivity contribution < 1.29 is 4.79 Å². The van der Waals surface area contributed by atoms with Gasteiger partial charge >= 0.3 is 0 Å². The number of amides is 1. The maximum atomic E-state index is 11.3. The van der Waals surface area contributed by atoms with Crippen LogP contribution in [0.2, 0.25) is 0 Å². The van der Waals surface area contributed by atoms with Crippen molar-refractivity contribution in [2.24, 2.45) is 27.9 Å². The molecule has 0 saturated heterocycles. The third-order valence-corrected chi connectivity index (χ3v) is 4.31. The molecule has 0 aliphatic carbocycles. The predicted molar refractivity (Wildman–Crippen MR) is 83.7 cm³/mol. The molecule has 2 N–H and O–H groups in total. The van der Waals surface area contributed by atoms with Gasteiger partial charge in [-0.25, -0.2) is 0 Å². The molecule has 0 bridgehead atoms. The predicted octanol–water partition coefficient (Wildman–Crippen LogP) is 4.54. The number of carbonyl (C=O) groups excluding carboxylic acids is 1. The topological polar surface area (TPSA) is 43.1 Å². The van der Waals surface area contributed by atoms with E-state index in [1.807, 2.05) is 6.92 Å². The molecule has 2 heteroatoms. The van der Waals surface area contributed by atoms with Crippen molar-refractivity contribution in [1.29, 1.82) is 0 Å². The molecular formula is C17H33NO. The number of rotatable bonds is 6. The van der Waals surface area contributed by atoms with E-state index in [9.17, 15) is 4.79 Å². The van der Waals surface area contributed by atoms with Gasteiger partial charge in [0.15, 0.2) is 0 Å². The first-order valence-electron chi connectivity index (χ1n) is 7.25. The summed E-state index contributed by atoms with van der Waals surface area (Å²) in [5, 5.41) is 0. The minimum absolute atomic E-state index is 0.0375. The second kappa shape index (κ2) is 6.11. The van der Waals surface area contributed by atoms with Gasteiger partial charge in [0, 0.05) is 5.92 Å². The molecule has 0 aliphatic rings. The third kappa shape index (κ3) is 6.26. The Kier molecular flexibility index (Phi) is 5.85. The number of allylic oxidation sites excluding steroid dienone is 2. The van der Waals surface area contributed by atoms with Gasteiger partial charge in [0.1, 0.15) is 0 Å². The van der Waals surface area contributed by atoms with Crippen molar-refractivity contribution in [1.82, 2.24) is 0 Å². The highest BCUT2D eigenvalue weighted by molar-refractivity contribution is 5.76. The Hall–Kier alpha value is -0.790. The fourth-order valence-electron chi connectivity index (χ4n) is 2.06. The van der Waals surface area contributed by atoms with E-state index in [4.69, 9.17) is 5.73 Å². The summed E-state index contributed by atoms with van der Waals surface area (Å²) in [6.07, 6.45) is 6.45. The maximum absolute atomic E-state index is 11.3. The molecule has 0 aromatic rings. The Morgan fingerprint density at radius 2 is 1.58 bits per heavy atom. The zero-order chi connectivity index (χ0) is 15.5. The van der Waals surface area contributed by atoms with Gasteiger partial charge in [-0.1, -0.05) is 67.5 Å². The summed E-state index contributed by atoms with van der Waals surface area (Å²) in [4.78, 5) is 11.3. The first-order chi connectivity index (χ1) is 8.28. The van der Waals surface area contributed by atoms with Gasteiger partial charge in [-0.2, -0.15) is 0 Å². The lowest BCUT2D eigenvalue weighted by Gasteiger charge is -2.41. The highest BCUT2D eigenvalue weighted by atomic mass is 16.1. The normalized spacial score (nSPS) is 15.8. The Morgan fingerprint density at radius 1 is 1.11 bits per heavy atom. The minimum atomic E-state index is -0.206. The second-order valence-electron chi connectivity index (χ2n) is 8.28. The van der Waals surface area contributed by atoms with E-state index in [2.05, 4.69) is 60.6 Å².